The highest BCUT2D eigenvalue weighted by Gasteiger charge is 2.35. The molecule has 0 bridgehead atoms. The SMILES string of the molecule is Cl.Cl.Oc1c([C@H](C2CCC2)N2CCNCC2)ccc(F)c1Cl. The predicted octanol–water partition coefficient (Wildman–Crippen LogP) is 3.77. The zero-order valence-electron chi connectivity index (χ0n) is 12.2. The fourth-order valence-corrected chi connectivity index (χ4v) is 3.43. The van der Waals surface area contributed by atoms with E-state index in [2.05, 4.69) is 10.2 Å². The van der Waals surface area contributed by atoms with Crippen LogP contribution < -0.4 is 5.32 Å². The average Bonchev–Trinajstić information content (AvgIpc) is 2.42. The lowest BCUT2D eigenvalue weighted by atomic mass is 9.76. The molecule has 1 aliphatic carbocycles. The first-order chi connectivity index (χ1) is 9.68. The molecule has 1 aliphatic heterocycles. The van der Waals surface area contributed by atoms with Gasteiger partial charge >= 0.3 is 0 Å². The van der Waals surface area contributed by atoms with Crippen LogP contribution >= 0.6 is 36.4 Å². The molecule has 1 heterocycles. The van der Waals surface area contributed by atoms with E-state index in [-0.39, 0.29) is 41.6 Å². The van der Waals surface area contributed by atoms with Crippen LogP contribution in [0.4, 0.5) is 4.39 Å². The Kier molecular flexibility index (Phi) is 7.69. The summed E-state index contributed by atoms with van der Waals surface area (Å²) in [6.07, 6.45) is 3.58. The maximum atomic E-state index is 13.4. The first-order valence-corrected chi connectivity index (χ1v) is 7.68. The van der Waals surface area contributed by atoms with Crippen LogP contribution in [0.5, 0.6) is 5.75 Å². The van der Waals surface area contributed by atoms with Crippen LogP contribution in [0.3, 0.4) is 0 Å². The van der Waals surface area contributed by atoms with Crippen LogP contribution in [0, 0.1) is 11.7 Å². The molecule has 2 fully saturated rings. The van der Waals surface area contributed by atoms with E-state index in [9.17, 15) is 9.50 Å². The normalized spacial score (nSPS) is 20.5. The summed E-state index contributed by atoms with van der Waals surface area (Å²) in [5.74, 6) is -0.0942. The molecule has 0 spiro atoms. The van der Waals surface area contributed by atoms with Crippen LogP contribution in [-0.2, 0) is 0 Å². The van der Waals surface area contributed by atoms with E-state index >= 15 is 0 Å². The summed E-state index contributed by atoms with van der Waals surface area (Å²) in [5, 5.41) is 13.4. The predicted molar refractivity (Wildman–Crippen MR) is 92.1 cm³/mol. The molecular weight excluding hydrogens is 350 g/mol. The highest BCUT2D eigenvalue weighted by Crippen LogP contribution is 2.45. The van der Waals surface area contributed by atoms with E-state index in [1.807, 2.05) is 0 Å². The van der Waals surface area contributed by atoms with Gasteiger partial charge in [-0.25, -0.2) is 4.39 Å². The van der Waals surface area contributed by atoms with Crippen LogP contribution in [0.15, 0.2) is 12.1 Å². The van der Waals surface area contributed by atoms with Gasteiger partial charge in [0.1, 0.15) is 16.6 Å². The number of rotatable bonds is 3. The maximum absolute atomic E-state index is 13.4. The first-order valence-electron chi connectivity index (χ1n) is 7.30. The minimum atomic E-state index is -0.555. The van der Waals surface area contributed by atoms with Crippen molar-refractivity contribution in [2.24, 2.45) is 5.92 Å². The van der Waals surface area contributed by atoms with Crippen molar-refractivity contribution < 1.29 is 9.50 Å². The number of aromatic hydroxyl groups is 1. The second kappa shape index (κ2) is 8.55. The number of nitrogens with zero attached hydrogens (tertiary/aromatic N) is 1. The number of hydrogen-bond donors (Lipinski definition) is 2. The van der Waals surface area contributed by atoms with Gasteiger partial charge in [-0.3, -0.25) is 4.90 Å². The van der Waals surface area contributed by atoms with E-state index in [0.717, 1.165) is 31.7 Å². The van der Waals surface area contributed by atoms with Crippen molar-refractivity contribution in [2.45, 2.75) is 25.3 Å². The third-order valence-corrected chi connectivity index (χ3v) is 4.92. The van der Waals surface area contributed by atoms with Gasteiger partial charge in [-0.15, -0.1) is 24.8 Å². The molecule has 1 saturated heterocycles. The van der Waals surface area contributed by atoms with E-state index in [1.54, 1.807) is 6.07 Å². The van der Waals surface area contributed by atoms with E-state index in [1.165, 1.54) is 25.3 Å². The van der Waals surface area contributed by atoms with Gasteiger partial charge in [0, 0.05) is 37.8 Å². The van der Waals surface area contributed by atoms with Crippen molar-refractivity contribution >= 4 is 36.4 Å². The fraction of sp³-hybridized carbons (Fsp3) is 0.600. The third-order valence-electron chi connectivity index (χ3n) is 4.56. The number of phenols is 1. The van der Waals surface area contributed by atoms with Crippen LogP contribution in [0.25, 0.3) is 0 Å². The summed E-state index contributed by atoms with van der Waals surface area (Å²) in [4.78, 5) is 2.39. The second-order valence-electron chi connectivity index (χ2n) is 5.72. The molecule has 2 N–H and O–H groups in total. The Hall–Kier alpha value is -0.260. The van der Waals surface area contributed by atoms with Crippen LogP contribution in [0.2, 0.25) is 5.02 Å². The van der Waals surface area contributed by atoms with Crippen molar-refractivity contribution in [3.8, 4) is 5.75 Å². The molecule has 126 valence electrons. The Bertz CT molecular complexity index is 494. The maximum Gasteiger partial charge on any atom is 0.145 e. The first kappa shape index (κ1) is 19.8. The molecule has 7 heteroatoms. The average molecular weight is 372 g/mol. The van der Waals surface area contributed by atoms with Gasteiger partial charge in [0.2, 0.25) is 0 Å². The molecule has 1 atom stereocenters. The number of hydrogen-bond acceptors (Lipinski definition) is 3. The smallest absolute Gasteiger partial charge is 0.145 e. The minimum absolute atomic E-state index is 0. The molecule has 0 unspecified atom stereocenters. The molecule has 22 heavy (non-hydrogen) atoms. The Morgan fingerprint density at radius 3 is 2.41 bits per heavy atom. The molecule has 1 aromatic carbocycles. The molecule has 3 nitrogen and oxygen atoms in total. The standard InChI is InChI=1S/C15H20ClFN2O.2ClH/c16-13-12(17)5-4-11(15(13)20)14(10-2-1-3-10)19-8-6-18-7-9-19;;/h4-5,10,14,18,20H,1-3,6-9H2;2*1H/t14-;;/m0../s1. The van der Waals surface area contributed by atoms with Gasteiger partial charge < -0.3 is 10.4 Å². The van der Waals surface area contributed by atoms with Crippen molar-refractivity contribution in [2.75, 3.05) is 26.2 Å². The Balaban J connectivity index is 0.00000121. The zero-order chi connectivity index (χ0) is 14.1. The number of phenolic OH excluding ortho intramolecular Hbond substituents is 1. The molecule has 0 radical (unpaired) electrons. The monoisotopic (exact) mass is 370 g/mol. The number of piperazine rings is 1. The summed E-state index contributed by atoms with van der Waals surface area (Å²) in [7, 11) is 0. The van der Waals surface area contributed by atoms with Gasteiger partial charge in [-0.05, 0) is 24.8 Å². The zero-order valence-corrected chi connectivity index (χ0v) is 14.6. The van der Waals surface area contributed by atoms with Gasteiger partial charge in [-0.2, -0.15) is 0 Å². The molecule has 1 saturated carbocycles. The lowest BCUT2D eigenvalue weighted by molar-refractivity contribution is 0.0819. The largest absolute Gasteiger partial charge is 0.506 e. The van der Waals surface area contributed by atoms with Gasteiger partial charge in [0.05, 0.1) is 0 Å². The van der Waals surface area contributed by atoms with E-state index in [0.29, 0.717) is 5.92 Å². The second-order valence-corrected chi connectivity index (χ2v) is 6.10. The van der Waals surface area contributed by atoms with E-state index in [4.69, 9.17) is 11.6 Å². The molecule has 2 aliphatic rings. The van der Waals surface area contributed by atoms with Crippen molar-refractivity contribution in [3.05, 3.63) is 28.5 Å². The summed E-state index contributed by atoms with van der Waals surface area (Å²) < 4.78 is 13.4. The third kappa shape index (κ3) is 3.80. The van der Waals surface area contributed by atoms with Gasteiger partial charge in [-0.1, -0.05) is 24.1 Å². The highest BCUT2D eigenvalue weighted by atomic mass is 35.5. The van der Waals surface area contributed by atoms with Crippen molar-refractivity contribution in [1.82, 2.24) is 10.2 Å². The van der Waals surface area contributed by atoms with Crippen LogP contribution in [-0.4, -0.2) is 36.2 Å². The van der Waals surface area contributed by atoms with Crippen LogP contribution in [0.1, 0.15) is 30.9 Å². The summed E-state index contributed by atoms with van der Waals surface area (Å²) >= 11 is 5.88. The highest BCUT2D eigenvalue weighted by molar-refractivity contribution is 6.32. The van der Waals surface area contributed by atoms with Gasteiger partial charge in [0.15, 0.2) is 0 Å². The van der Waals surface area contributed by atoms with Gasteiger partial charge in [0.25, 0.3) is 0 Å². The molecule has 3 rings (SSSR count). The molecular formula is C15H22Cl3FN2O. The molecule has 0 amide bonds. The summed E-state index contributed by atoms with van der Waals surface area (Å²) in [5.41, 5.74) is 0.781. The lowest BCUT2D eigenvalue weighted by Crippen LogP contribution is -2.47. The number of benzene rings is 1. The number of halogens is 4. The Morgan fingerprint density at radius 2 is 1.86 bits per heavy atom. The summed E-state index contributed by atoms with van der Waals surface area (Å²) in [6, 6.07) is 3.22. The topological polar surface area (TPSA) is 35.5 Å². The fourth-order valence-electron chi connectivity index (χ4n) is 3.26. The quantitative estimate of drug-likeness (QED) is 0.849. The molecule has 1 aromatic rings. The lowest BCUT2D eigenvalue weighted by Gasteiger charge is -2.43. The van der Waals surface area contributed by atoms with E-state index < -0.39 is 5.82 Å². The number of nitrogens with one attached hydrogen (secondary N) is 1. The molecule has 0 aromatic heterocycles. The Morgan fingerprint density at radius 1 is 1.23 bits per heavy atom. The Labute approximate surface area is 148 Å². The summed E-state index contributed by atoms with van der Waals surface area (Å²) in [6.45, 7) is 3.82. The minimum Gasteiger partial charge on any atom is -0.506 e. The van der Waals surface area contributed by atoms with Crippen molar-refractivity contribution in [3.63, 3.8) is 0 Å². The van der Waals surface area contributed by atoms with Crippen molar-refractivity contribution in [1.29, 1.82) is 0 Å².